The van der Waals surface area contributed by atoms with Gasteiger partial charge in [-0.15, -0.1) is 0 Å². The molecule has 65 heavy (non-hydrogen) atoms. The molecule has 342 valence electrons. The Morgan fingerprint density at radius 2 is 1.63 bits per heavy atom. The summed E-state index contributed by atoms with van der Waals surface area (Å²) in [4.78, 5) is 90.3. The number of amides is 5. The van der Waals surface area contributed by atoms with Crippen LogP contribution in [0, 0.1) is 0 Å². The molecule has 4 aliphatic heterocycles. The van der Waals surface area contributed by atoms with Gasteiger partial charge in [-0.25, -0.2) is 19.9 Å². The summed E-state index contributed by atoms with van der Waals surface area (Å²) >= 11 is 1.52. The van der Waals surface area contributed by atoms with Gasteiger partial charge in [0.05, 0.1) is 18.0 Å². The Morgan fingerprint density at radius 1 is 0.862 bits per heavy atom. The topological polar surface area (TPSA) is 212 Å². The Kier molecular flexibility index (Phi) is 14.7. The van der Waals surface area contributed by atoms with Crippen LogP contribution in [0.3, 0.4) is 0 Å². The minimum absolute atomic E-state index is 0.0289. The zero-order chi connectivity index (χ0) is 45.3. The molecular formula is C47H58N12O5S. The molecule has 0 bridgehead atoms. The highest BCUT2D eigenvalue weighted by molar-refractivity contribution is 7.99. The van der Waals surface area contributed by atoms with Gasteiger partial charge in [0.1, 0.15) is 16.9 Å². The molecule has 17 nitrogen and oxygen atoms in total. The number of anilines is 3. The summed E-state index contributed by atoms with van der Waals surface area (Å²) in [5.41, 5.74) is 9.44. The minimum Gasteiger partial charge on any atom is -0.355 e. The van der Waals surface area contributed by atoms with E-state index < -0.39 is 11.9 Å². The maximum Gasteiger partial charge on any atom is 0.255 e. The molecule has 6 heterocycles. The van der Waals surface area contributed by atoms with Crippen LogP contribution in [-0.2, 0) is 27.5 Å². The standard InChI is InChI=1S/C47H58N12O5S/c1-47(48)15-18-57(19-16-47)39-29-50-42(30-49-39)65-36-9-7-8-35(25-36)54-40(60)10-5-3-2-4-6-17-56-20-22-58(23-21-56)46-52-27-34(28-53-46)43(62)51-26-32-11-12-37-33(24-32)31-59(45(37)64)38-13-14-41(61)55-44(38)63/h7-9,11-12,24-25,27-30,38H,2-6,10,13-23,26,31,48H2,1H3,(H,51,62)(H,54,60)(H,55,61,63). The van der Waals surface area contributed by atoms with E-state index in [9.17, 15) is 24.0 Å². The van der Waals surface area contributed by atoms with Crippen molar-refractivity contribution in [3.63, 3.8) is 0 Å². The van der Waals surface area contributed by atoms with Crippen LogP contribution in [-0.4, -0.2) is 117 Å². The molecule has 4 aromatic rings. The van der Waals surface area contributed by atoms with E-state index in [2.05, 4.69) is 57.5 Å². The molecule has 4 aliphatic rings. The van der Waals surface area contributed by atoms with Gasteiger partial charge in [-0.1, -0.05) is 49.2 Å². The van der Waals surface area contributed by atoms with Crippen LogP contribution in [0.1, 0.15) is 103 Å². The van der Waals surface area contributed by atoms with Crippen molar-refractivity contribution in [1.82, 2.24) is 40.4 Å². The third-order valence-electron chi connectivity index (χ3n) is 12.7. The number of unbranched alkanes of at least 4 members (excludes halogenated alkanes) is 4. The number of aromatic nitrogens is 4. The lowest BCUT2D eigenvalue weighted by Crippen LogP contribution is -2.52. The number of nitrogens with one attached hydrogen (secondary N) is 3. The molecule has 0 aliphatic carbocycles. The first-order valence-electron chi connectivity index (χ1n) is 22.7. The fraction of sp³-hybridized carbons (Fsp3) is 0.468. The molecule has 8 rings (SSSR count). The van der Waals surface area contributed by atoms with Crippen LogP contribution in [0.5, 0.6) is 0 Å². The van der Waals surface area contributed by atoms with E-state index in [0.717, 1.165) is 123 Å². The second-order valence-electron chi connectivity index (χ2n) is 17.7. The minimum atomic E-state index is -0.673. The number of hydrogen-bond donors (Lipinski definition) is 4. The zero-order valence-electron chi connectivity index (χ0n) is 37.0. The fourth-order valence-corrected chi connectivity index (χ4v) is 9.49. The summed E-state index contributed by atoms with van der Waals surface area (Å²) in [6.07, 6.45) is 14.8. The molecule has 0 spiro atoms. The lowest BCUT2D eigenvalue weighted by Gasteiger charge is -2.37. The molecule has 0 saturated carbocycles. The smallest absolute Gasteiger partial charge is 0.255 e. The predicted molar refractivity (Wildman–Crippen MR) is 247 cm³/mol. The highest BCUT2D eigenvalue weighted by Crippen LogP contribution is 2.31. The summed E-state index contributed by atoms with van der Waals surface area (Å²) in [5, 5.41) is 9.09. The normalized spacial score (nSPS) is 18.6. The summed E-state index contributed by atoms with van der Waals surface area (Å²) < 4.78 is 0. The monoisotopic (exact) mass is 902 g/mol. The van der Waals surface area contributed by atoms with Crippen LogP contribution in [0.4, 0.5) is 17.5 Å². The zero-order valence-corrected chi connectivity index (χ0v) is 37.8. The van der Waals surface area contributed by atoms with Gasteiger partial charge in [0, 0.05) is 99.3 Å². The molecular weight excluding hydrogens is 845 g/mol. The maximum atomic E-state index is 13.0. The summed E-state index contributed by atoms with van der Waals surface area (Å²) in [7, 11) is 0. The molecule has 3 fully saturated rings. The number of carbonyl (C=O) groups excluding carboxylic acids is 5. The number of carbonyl (C=O) groups is 5. The predicted octanol–water partition coefficient (Wildman–Crippen LogP) is 4.53. The number of benzene rings is 2. The van der Waals surface area contributed by atoms with Crippen LogP contribution in [0.25, 0.3) is 0 Å². The van der Waals surface area contributed by atoms with Gasteiger partial charge in [0.15, 0.2) is 0 Å². The molecule has 5 amide bonds. The first-order chi connectivity index (χ1) is 31.5. The largest absolute Gasteiger partial charge is 0.355 e. The van der Waals surface area contributed by atoms with E-state index in [0.29, 0.717) is 29.9 Å². The van der Waals surface area contributed by atoms with E-state index in [1.165, 1.54) is 16.7 Å². The second kappa shape index (κ2) is 20.9. The van der Waals surface area contributed by atoms with Crippen LogP contribution in [0.15, 0.2) is 77.2 Å². The van der Waals surface area contributed by atoms with Gasteiger partial charge in [0.2, 0.25) is 23.7 Å². The lowest BCUT2D eigenvalue weighted by molar-refractivity contribution is -0.137. The van der Waals surface area contributed by atoms with Crippen molar-refractivity contribution in [3.05, 3.63) is 89.5 Å². The van der Waals surface area contributed by atoms with Crippen molar-refractivity contribution in [1.29, 1.82) is 0 Å². The SMILES string of the molecule is CC1(N)CCN(c2cnc(Sc3cccc(NC(=O)CCCCCCCN4CCN(c5ncc(C(=O)NCc6ccc7c(c6)CN(C6CCC(=O)NC6=O)C7=O)cn5)CC4)c3)cn2)CC1. The average Bonchev–Trinajstić information content (AvgIpc) is 3.63. The van der Waals surface area contributed by atoms with Crippen LogP contribution >= 0.6 is 11.8 Å². The van der Waals surface area contributed by atoms with E-state index in [1.807, 2.05) is 36.5 Å². The van der Waals surface area contributed by atoms with Crippen molar-refractivity contribution in [2.45, 2.75) is 106 Å². The molecule has 5 N–H and O–H groups in total. The molecule has 2 aromatic carbocycles. The lowest BCUT2D eigenvalue weighted by atomic mass is 9.91. The molecule has 1 atom stereocenters. The van der Waals surface area contributed by atoms with Gasteiger partial charge in [0.25, 0.3) is 11.8 Å². The van der Waals surface area contributed by atoms with Crippen molar-refractivity contribution >= 4 is 58.8 Å². The maximum absolute atomic E-state index is 13.0. The Bertz CT molecular complexity index is 2350. The number of nitrogens with zero attached hydrogens (tertiary/aromatic N) is 8. The highest BCUT2D eigenvalue weighted by Gasteiger charge is 2.39. The number of hydrogen-bond acceptors (Lipinski definition) is 14. The summed E-state index contributed by atoms with van der Waals surface area (Å²) in [6.45, 7) is 8.86. The summed E-state index contributed by atoms with van der Waals surface area (Å²) in [5.74, 6) is 0.208. The molecule has 2 aromatic heterocycles. The average molecular weight is 903 g/mol. The van der Waals surface area contributed by atoms with E-state index in [-0.39, 0.29) is 48.7 Å². The van der Waals surface area contributed by atoms with Gasteiger partial charge in [-0.05, 0) is 81.0 Å². The third kappa shape index (κ3) is 12.0. The third-order valence-corrected chi connectivity index (χ3v) is 13.6. The Morgan fingerprint density at radius 3 is 2.38 bits per heavy atom. The Hall–Kier alpha value is -5.98. The molecule has 0 radical (unpaired) electrons. The Labute approximate surface area is 383 Å². The van der Waals surface area contributed by atoms with E-state index in [4.69, 9.17) is 5.73 Å². The van der Waals surface area contributed by atoms with Gasteiger partial charge in [-0.3, -0.25) is 34.2 Å². The Balaban J connectivity index is 0.672. The number of nitrogens with two attached hydrogens (primary N) is 1. The first-order valence-corrected chi connectivity index (χ1v) is 23.6. The number of imide groups is 1. The number of piperidine rings is 2. The number of rotatable bonds is 17. The highest BCUT2D eigenvalue weighted by atomic mass is 32.2. The fourth-order valence-electron chi connectivity index (χ4n) is 8.70. The first kappa shape index (κ1) is 45.6. The summed E-state index contributed by atoms with van der Waals surface area (Å²) in [6, 6.07) is 12.6. The number of fused-ring (bicyclic) bond motifs is 1. The van der Waals surface area contributed by atoms with Crippen molar-refractivity contribution in [2.24, 2.45) is 5.73 Å². The van der Waals surface area contributed by atoms with Gasteiger partial charge in [-0.2, -0.15) is 0 Å². The van der Waals surface area contributed by atoms with E-state index >= 15 is 0 Å². The van der Waals surface area contributed by atoms with E-state index in [1.54, 1.807) is 30.7 Å². The van der Waals surface area contributed by atoms with Crippen molar-refractivity contribution < 1.29 is 24.0 Å². The van der Waals surface area contributed by atoms with Crippen LogP contribution < -0.4 is 31.5 Å². The second-order valence-corrected chi connectivity index (χ2v) is 18.8. The van der Waals surface area contributed by atoms with Crippen LogP contribution in [0.2, 0.25) is 0 Å². The van der Waals surface area contributed by atoms with Gasteiger partial charge < -0.3 is 31.1 Å². The molecule has 18 heteroatoms. The molecule has 1 unspecified atom stereocenters. The quantitative estimate of drug-likeness (QED) is 0.0848. The van der Waals surface area contributed by atoms with Crippen molar-refractivity contribution in [2.75, 3.05) is 60.9 Å². The van der Waals surface area contributed by atoms with Crippen molar-refractivity contribution in [3.8, 4) is 0 Å². The number of piperazine rings is 1. The van der Waals surface area contributed by atoms with Gasteiger partial charge >= 0.3 is 0 Å². The molecule has 3 saturated heterocycles.